The van der Waals surface area contributed by atoms with Gasteiger partial charge in [0.15, 0.2) is 18.0 Å². The van der Waals surface area contributed by atoms with Crippen LogP contribution in [0.15, 0.2) is 48.5 Å². The van der Waals surface area contributed by atoms with Crippen LogP contribution < -0.4 is 19.3 Å². The van der Waals surface area contributed by atoms with Crippen molar-refractivity contribution in [2.75, 3.05) is 32.3 Å². The smallest absolute Gasteiger partial charge is 0.282 e. The summed E-state index contributed by atoms with van der Waals surface area (Å²) in [5, 5.41) is 0. The lowest BCUT2D eigenvalue weighted by atomic mass is 10.1. The number of amides is 1. The normalized spacial score (nSPS) is 12.5. The summed E-state index contributed by atoms with van der Waals surface area (Å²) in [6, 6.07) is 15.5. The molecule has 0 fully saturated rings. The summed E-state index contributed by atoms with van der Waals surface area (Å²) in [5.41, 5.74) is 1.91. The second-order valence-corrected chi connectivity index (χ2v) is 5.89. The Morgan fingerprint density at radius 3 is 2.57 bits per heavy atom. The minimum Gasteiger partial charge on any atom is -0.454 e. The molecule has 5 heteroatoms. The number of fused-ring (bicyclic) bond motifs is 1. The molecule has 1 aliphatic heterocycles. The lowest BCUT2D eigenvalue weighted by molar-refractivity contribution is -0.849. The van der Waals surface area contributed by atoms with Crippen LogP contribution in [0.2, 0.25) is 0 Å². The summed E-state index contributed by atoms with van der Waals surface area (Å²) in [5.74, 6) is 1.58. The molecule has 3 rings (SSSR count). The predicted molar refractivity (Wildman–Crippen MR) is 87.9 cm³/mol. The Kier molecular flexibility index (Phi) is 4.48. The molecule has 1 amide bonds. The van der Waals surface area contributed by atoms with Gasteiger partial charge in [-0.05, 0) is 29.8 Å². The highest BCUT2D eigenvalue weighted by Crippen LogP contribution is 2.33. The van der Waals surface area contributed by atoms with Crippen LogP contribution in [0.4, 0.5) is 5.69 Å². The van der Waals surface area contributed by atoms with E-state index in [0.29, 0.717) is 13.1 Å². The van der Waals surface area contributed by atoms with E-state index in [0.717, 1.165) is 27.6 Å². The summed E-state index contributed by atoms with van der Waals surface area (Å²) in [4.78, 5) is 15.6. The van der Waals surface area contributed by atoms with E-state index in [9.17, 15) is 4.79 Å². The molecule has 5 nitrogen and oxygen atoms in total. The average Bonchev–Trinajstić information content (AvgIpc) is 3.00. The van der Waals surface area contributed by atoms with Crippen molar-refractivity contribution in [2.24, 2.45) is 0 Å². The first-order valence-electron chi connectivity index (χ1n) is 7.66. The first-order valence-corrected chi connectivity index (χ1v) is 7.66. The minimum absolute atomic E-state index is 0.0915. The second-order valence-electron chi connectivity index (χ2n) is 5.89. The highest BCUT2D eigenvalue weighted by molar-refractivity contribution is 5.94. The van der Waals surface area contributed by atoms with Crippen LogP contribution in [0, 0.1) is 0 Å². The van der Waals surface area contributed by atoms with Crippen LogP contribution in [-0.4, -0.2) is 33.3 Å². The quantitative estimate of drug-likeness (QED) is 0.899. The Bertz CT molecular complexity index is 686. The second kappa shape index (κ2) is 6.71. The van der Waals surface area contributed by atoms with Gasteiger partial charge < -0.3 is 19.3 Å². The average molecular weight is 313 g/mol. The van der Waals surface area contributed by atoms with Gasteiger partial charge in [0, 0.05) is 5.69 Å². The number of carbonyl (C=O) groups is 1. The highest BCUT2D eigenvalue weighted by atomic mass is 16.7. The molecular weight excluding hydrogens is 292 g/mol. The molecule has 0 aromatic heterocycles. The molecule has 0 atom stereocenters. The van der Waals surface area contributed by atoms with Crippen molar-refractivity contribution in [2.45, 2.75) is 6.54 Å². The third kappa shape index (κ3) is 3.63. The van der Waals surface area contributed by atoms with E-state index in [-0.39, 0.29) is 12.7 Å². The van der Waals surface area contributed by atoms with Crippen LogP contribution in [0.3, 0.4) is 0 Å². The topological polar surface area (TPSA) is 43.2 Å². The Balaban J connectivity index is 1.85. The number of para-hydroxylation sites is 1. The fourth-order valence-electron chi connectivity index (χ4n) is 2.55. The fourth-order valence-corrected chi connectivity index (χ4v) is 2.55. The summed E-state index contributed by atoms with van der Waals surface area (Å²) >= 11 is 0. The van der Waals surface area contributed by atoms with Gasteiger partial charge in [0.05, 0.1) is 20.6 Å². The number of ether oxygens (including phenoxy) is 2. The zero-order valence-electron chi connectivity index (χ0n) is 13.4. The minimum atomic E-state index is 0.0915. The van der Waals surface area contributed by atoms with Crippen LogP contribution in [0.1, 0.15) is 5.56 Å². The largest absolute Gasteiger partial charge is 0.454 e. The van der Waals surface area contributed by atoms with Gasteiger partial charge in [-0.1, -0.05) is 24.3 Å². The molecule has 1 aliphatic rings. The number of hydrogen-bond acceptors (Lipinski definition) is 3. The summed E-state index contributed by atoms with van der Waals surface area (Å²) < 4.78 is 10.8. The number of rotatable bonds is 5. The monoisotopic (exact) mass is 313 g/mol. The Labute approximate surface area is 136 Å². The van der Waals surface area contributed by atoms with Gasteiger partial charge in [-0.15, -0.1) is 0 Å². The van der Waals surface area contributed by atoms with Gasteiger partial charge in [0.2, 0.25) is 6.79 Å². The molecule has 120 valence electrons. The van der Waals surface area contributed by atoms with E-state index < -0.39 is 0 Å². The SMILES string of the molecule is C[NH+](C)CC(=O)N(Cc1ccc2c(c1)OCO2)c1ccccc1. The van der Waals surface area contributed by atoms with E-state index in [1.165, 1.54) is 0 Å². The highest BCUT2D eigenvalue weighted by Gasteiger charge is 2.20. The Hall–Kier alpha value is -2.53. The molecule has 2 aromatic rings. The summed E-state index contributed by atoms with van der Waals surface area (Å²) in [6.45, 7) is 1.20. The number of anilines is 1. The molecule has 0 radical (unpaired) electrons. The molecule has 1 N–H and O–H groups in total. The van der Waals surface area contributed by atoms with Crippen LogP contribution in [-0.2, 0) is 11.3 Å². The summed E-state index contributed by atoms with van der Waals surface area (Å²) in [7, 11) is 3.95. The Morgan fingerprint density at radius 2 is 1.83 bits per heavy atom. The van der Waals surface area contributed by atoms with Gasteiger partial charge >= 0.3 is 0 Å². The maximum absolute atomic E-state index is 12.6. The zero-order chi connectivity index (χ0) is 16.2. The van der Waals surface area contributed by atoms with Crippen LogP contribution in [0.25, 0.3) is 0 Å². The number of likely N-dealkylation sites (N-methyl/N-ethyl adjacent to an activating group) is 1. The van der Waals surface area contributed by atoms with E-state index in [1.807, 2.05) is 67.5 Å². The van der Waals surface area contributed by atoms with E-state index in [4.69, 9.17) is 9.47 Å². The van der Waals surface area contributed by atoms with Gasteiger partial charge in [-0.25, -0.2) is 0 Å². The van der Waals surface area contributed by atoms with Crippen molar-refractivity contribution in [1.82, 2.24) is 0 Å². The third-order valence-corrected chi connectivity index (χ3v) is 3.65. The Morgan fingerprint density at radius 1 is 1.09 bits per heavy atom. The molecule has 23 heavy (non-hydrogen) atoms. The van der Waals surface area contributed by atoms with Crippen molar-refractivity contribution >= 4 is 11.6 Å². The maximum atomic E-state index is 12.6. The van der Waals surface area contributed by atoms with Crippen molar-refractivity contribution < 1.29 is 19.2 Å². The van der Waals surface area contributed by atoms with Crippen molar-refractivity contribution in [1.29, 1.82) is 0 Å². The molecule has 0 saturated heterocycles. The number of carbonyl (C=O) groups excluding carboxylic acids is 1. The lowest BCUT2D eigenvalue weighted by Gasteiger charge is -2.23. The van der Waals surface area contributed by atoms with Crippen LogP contribution >= 0.6 is 0 Å². The molecule has 0 aliphatic carbocycles. The number of nitrogens with one attached hydrogen (secondary N) is 1. The molecular formula is C18H21N2O3+. The number of nitrogens with zero attached hydrogens (tertiary/aromatic N) is 1. The van der Waals surface area contributed by atoms with Gasteiger partial charge in [-0.3, -0.25) is 4.79 Å². The fraction of sp³-hybridized carbons (Fsp3) is 0.278. The molecule has 0 saturated carbocycles. The first kappa shape index (κ1) is 15.4. The molecule has 0 unspecified atom stereocenters. The summed E-state index contributed by atoms with van der Waals surface area (Å²) in [6.07, 6.45) is 0. The maximum Gasteiger partial charge on any atom is 0.282 e. The standard InChI is InChI=1S/C18H20N2O3/c1-19(2)12-18(21)20(15-6-4-3-5-7-15)11-14-8-9-16-17(10-14)23-13-22-16/h3-10H,11-13H2,1-2H3/p+1. The van der Waals surface area contributed by atoms with Gasteiger partial charge in [0.25, 0.3) is 5.91 Å². The molecule has 0 bridgehead atoms. The molecule has 1 heterocycles. The van der Waals surface area contributed by atoms with E-state index >= 15 is 0 Å². The van der Waals surface area contributed by atoms with E-state index in [2.05, 4.69) is 0 Å². The van der Waals surface area contributed by atoms with Crippen molar-refractivity contribution in [3.05, 3.63) is 54.1 Å². The number of benzene rings is 2. The van der Waals surface area contributed by atoms with Gasteiger partial charge in [-0.2, -0.15) is 0 Å². The third-order valence-electron chi connectivity index (χ3n) is 3.65. The number of hydrogen-bond donors (Lipinski definition) is 1. The molecule has 2 aromatic carbocycles. The van der Waals surface area contributed by atoms with Crippen molar-refractivity contribution in [3.63, 3.8) is 0 Å². The number of quaternary nitrogens is 1. The van der Waals surface area contributed by atoms with Gasteiger partial charge in [0.1, 0.15) is 0 Å². The predicted octanol–water partition coefficient (Wildman–Crippen LogP) is 1.09. The lowest BCUT2D eigenvalue weighted by Crippen LogP contribution is -3.07. The van der Waals surface area contributed by atoms with Crippen LogP contribution in [0.5, 0.6) is 11.5 Å². The zero-order valence-corrected chi connectivity index (χ0v) is 13.4. The molecule has 0 spiro atoms. The van der Waals surface area contributed by atoms with E-state index in [1.54, 1.807) is 0 Å². The van der Waals surface area contributed by atoms with Crippen molar-refractivity contribution in [3.8, 4) is 11.5 Å². The first-order chi connectivity index (χ1) is 11.1.